The van der Waals surface area contributed by atoms with Crippen molar-refractivity contribution in [1.29, 1.82) is 0 Å². The molecule has 1 aromatic heterocycles. The number of ether oxygens (including phenoxy) is 5. The van der Waals surface area contributed by atoms with Crippen LogP contribution in [0.3, 0.4) is 0 Å². The molecule has 0 saturated carbocycles. The highest BCUT2D eigenvalue weighted by Gasteiger charge is 2.34. The maximum absolute atomic E-state index is 13.7. The maximum atomic E-state index is 13.7. The molecule has 9 nitrogen and oxygen atoms in total. The summed E-state index contributed by atoms with van der Waals surface area (Å²) < 4.78 is 29.0. The lowest BCUT2D eigenvalue weighted by Gasteiger charge is -2.25. The van der Waals surface area contributed by atoms with E-state index in [2.05, 4.69) is 4.99 Å². The smallest absolute Gasteiger partial charge is 0.338 e. The van der Waals surface area contributed by atoms with Gasteiger partial charge in [-0.25, -0.2) is 9.79 Å². The number of methoxy groups -OCH3 is 2. The van der Waals surface area contributed by atoms with Crippen molar-refractivity contribution in [2.24, 2.45) is 4.99 Å². The molecule has 0 N–H and O–H groups in total. The summed E-state index contributed by atoms with van der Waals surface area (Å²) in [5.74, 6) is 1.78. The number of benzene rings is 2. The summed E-state index contributed by atoms with van der Waals surface area (Å²) in [4.78, 5) is 31.9. The number of esters is 1. The molecule has 0 aliphatic carbocycles. The van der Waals surface area contributed by atoms with Crippen molar-refractivity contribution < 1.29 is 28.5 Å². The summed E-state index contributed by atoms with van der Waals surface area (Å²) in [6.45, 7) is 3.85. The van der Waals surface area contributed by atoms with Crippen molar-refractivity contribution in [2.45, 2.75) is 19.9 Å². The third kappa shape index (κ3) is 4.03. The SMILES string of the molecule is CCOC(=O)C1=C(C)N=c2sc(=Cc3ccc4c(c3)OCO4)c(=O)n2C1c1ccc(OC)c(OC)c1. The maximum Gasteiger partial charge on any atom is 0.338 e. The van der Waals surface area contributed by atoms with Gasteiger partial charge in [0.2, 0.25) is 6.79 Å². The van der Waals surface area contributed by atoms with Gasteiger partial charge in [-0.05, 0) is 55.3 Å². The van der Waals surface area contributed by atoms with Crippen molar-refractivity contribution in [1.82, 2.24) is 4.57 Å². The Hall–Kier alpha value is -4.05. The third-order valence-electron chi connectivity index (χ3n) is 5.93. The highest BCUT2D eigenvalue weighted by atomic mass is 32.1. The molecule has 0 saturated heterocycles. The Morgan fingerprint density at radius 3 is 2.67 bits per heavy atom. The molecule has 36 heavy (non-hydrogen) atoms. The topological polar surface area (TPSA) is 97.6 Å². The van der Waals surface area contributed by atoms with Gasteiger partial charge in [-0.15, -0.1) is 0 Å². The van der Waals surface area contributed by atoms with Crippen LogP contribution in [-0.4, -0.2) is 38.2 Å². The van der Waals surface area contributed by atoms with Gasteiger partial charge in [0.25, 0.3) is 5.56 Å². The van der Waals surface area contributed by atoms with Gasteiger partial charge >= 0.3 is 5.97 Å². The molecular formula is C26H24N2O7S. The molecule has 0 amide bonds. The van der Waals surface area contributed by atoms with Gasteiger partial charge in [0.1, 0.15) is 0 Å². The number of allylic oxidation sites excluding steroid dienone is 1. The van der Waals surface area contributed by atoms with Crippen molar-refractivity contribution in [3.05, 3.63) is 78.5 Å². The molecule has 1 unspecified atom stereocenters. The second kappa shape index (κ2) is 9.54. The minimum Gasteiger partial charge on any atom is -0.493 e. The minimum absolute atomic E-state index is 0.169. The van der Waals surface area contributed by atoms with E-state index in [0.29, 0.717) is 49.2 Å². The van der Waals surface area contributed by atoms with Gasteiger partial charge in [-0.1, -0.05) is 23.5 Å². The second-order valence-corrected chi connectivity index (χ2v) is 9.04. The molecule has 2 aliphatic rings. The van der Waals surface area contributed by atoms with Gasteiger partial charge < -0.3 is 23.7 Å². The zero-order chi connectivity index (χ0) is 25.4. The van der Waals surface area contributed by atoms with E-state index >= 15 is 0 Å². The van der Waals surface area contributed by atoms with Crippen LogP contribution in [0.25, 0.3) is 6.08 Å². The van der Waals surface area contributed by atoms with E-state index in [-0.39, 0.29) is 19.0 Å². The van der Waals surface area contributed by atoms with Crippen molar-refractivity contribution >= 4 is 23.4 Å². The predicted molar refractivity (Wildman–Crippen MR) is 133 cm³/mol. The normalized spacial score (nSPS) is 16.4. The largest absolute Gasteiger partial charge is 0.493 e. The zero-order valence-corrected chi connectivity index (χ0v) is 21.0. The first kappa shape index (κ1) is 23.7. The van der Waals surface area contributed by atoms with Gasteiger partial charge in [0, 0.05) is 0 Å². The van der Waals surface area contributed by atoms with E-state index in [1.165, 1.54) is 23.0 Å². The third-order valence-corrected chi connectivity index (χ3v) is 6.92. The molecule has 1 atom stereocenters. The van der Waals surface area contributed by atoms with Crippen LogP contribution in [0.4, 0.5) is 0 Å². The molecule has 0 spiro atoms. The first-order chi connectivity index (χ1) is 17.4. The summed E-state index contributed by atoms with van der Waals surface area (Å²) in [6.07, 6.45) is 1.78. The molecule has 10 heteroatoms. The quantitative estimate of drug-likeness (QED) is 0.472. The molecule has 0 bridgehead atoms. The Morgan fingerprint density at radius 1 is 1.14 bits per heavy atom. The number of thiazole rings is 1. The summed E-state index contributed by atoms with van der Waals surface area (Å²) in [7, 11) is 3.08. The van der Waals surface area contributed by atoms with Gasteiger partial charge in [0.05, 0.1) is 42.7 Å². The molecule has 3 aromatic rings. The van der Waals surface area contributed by atoms with E-state index in [1.54, 1.807) is 51.3 Å². The Balaban J connectivity index is 1.70. The van der Waals surface area contributed by atoms with Crippen LogP contribution in [0.15, 0.2) is 57.5 Å². The van der Waals surface area contributed by atoms with E-state index in [4.69, 9.17) is 23.7 Å². The number of fused-ring (bicyclic) bond motifs is 2. The Morgan fingerprint density at radius 2 is 1.92 bits per heavy atom. The average Bonchev–Trinajstić information content (AvgIpc) is 3.46. The summed E-state index contributed by atoms with van der Waals surface area (Å²) in [5, 5.41) is 0. The molecular weight excluding hydrogens is 484 g/mol. The van der Waals surface area contributed by atoms with Crippen LogP contribution < -0.4 is 33.8 Å². The average molecular weight is 509 g/mol. The molecule has 0 fully saturated rings. The summed E-state index contributed by atoms with van der Waals surface area (Å²) >= 11 is 1.25. The number of nitrogens with zero attached hydrogens (tertiary/aromatic N) is 2. The Labute approximate surface area is 210 Å². The van der Waals surface area contributed by atoms with Crippen molar-refractivity contribution in [3.8, 4) is 23.0 Å². The zero-order valence-electron chi connectivity index (χ0n) is 20.2. The van der Waals surface area contributed by atoms with E-state index in [1.807, 2.05) is 12.1 Å². The summed E-state index contributed by atoms with van der Waals surface area (Å²) in [6, 6.07) is 10.0. The van der Waals surface area contributed by atoms with Gasteiger partial charge in [-0.2, -0.15) is 0 Å². The molecule has 3 heterocycles. The van der Waals surface area contributed by atoms with Crippen LogP contribution in [0.1, 0.15) is 31.0 Å². The molecule has 2 aromatic carbocycles. The standard InChI is InChI=1S/C26H24N2O7S/c1-5-33-25(30)22-14(2)27-26-28(23(22)16-7-9-17(31-3)19(12-16)32-4)24(29)21(36-26)11-15-6-8-18-20(10-15)35-13-34-18/h6-12,23H,5,13H2,1-4H3. The number of carbonyl (C=O) groups is 1. The highest BCUT2D eigenvalue weighted by molar-refractivity contribution is 7.07. The monoisotopic (exact) mass is 508 g/mol. The van der Waals surface area contributed by atoms with Crippen LogP contribution >= 0.6 is 11.3 Å². The lowest BCUT2D eigenvalue weighted by atomic mass is 9.95. The van der Waals surface area contributed by atoms with Crippen molar-refractivity contribution in [3.63, 3.8) is 0 Å². The van der Waals surface area contributed by atoms with Gasteiger partial charge in [0.15, 0.2) is 27.8 Å². The lowest BCUT2D eigenvalue weighted by Crippen LogP contribution is -2.39. The van der Waals surface area contributed by atoms with Crippen LogP contribution in [0.5, 0.6) is 23.0 Å². The fraction of sp³-hybridized carbons (Fsp3) is 0.269. The summed E-state index contributed by atoms with van der Waals surface area (Å²) in [5.41, 5.74) is 1.97. The fourth-order valence-electron chi connectivity index (χ4n) is 4.28. The van der Waals surface area contributed by atoms with Crippen LogP contribution in [-0.2, 0) is 9.53 Å². The molecule has 2 aliphatic heterocycles. The van der Waals surface area contributed by atoms with Gasteiger partial charge in [-0.3, -0.25) is 9.36 Å². The predicted octanol–water partition coefficient (Wildman–Crippen LogP) is 2.54. The Kier molecular flexibility index (Phi) is 6.27. The first-order valence-corrected chi connectivity index (χ1v) is 12.1. The minimum atomic E-state index is -0.751. The highest BCUT2D eigenvalue weighted by Crippen LogP contribution is 2.36. The fourth-order valence-corrected chi connectivity index (χ4v) is 5.33. The lowest BCUT2D eigenvalue weighted by molar-refractivity contribution is -0.139. The number of hydrogen-bond acceptors (Lipinski definition) is 9. The van der Waals surface area contributed by atoms with E-state index < -0.39 is 12.0 Å². The molecule has 5 rings (SSSR count). The molecule has 186 valence electrons. The number of rotatable bonds is 6. The molecule has 0 radical (unpaired) electrons. The van der Waals surface area contributed by atoms with E-state index in [0.717, 1.165) is 5.56 Å². The van der Waals surface area contributed by atoms with E-state index in [9.17, 15) is 9.59 Å². The Bertz CT molecular complexity index is 1570. The second-order valence-electron chi connectivity index (χ2n) is 8.03. The van der Waals surface area contributed by atoms with Crippen molar-refractivity contribution in [2.75, 3.05) is 27.6 Å². The number of hydrogen-bond donors (Lipinski definition) is 0. The number of aromatic nitrogens is 1. The first-order valence-electron chi connectivity index (χ1n) is 11.3. The van der Waals surface area contributed by atoms with Crippen LogP contribution in [0.2, 0.25) is 0 Å². The van der Waals surface area contributed by atoms with Crippen LogP contribution in [0, 0.1) is 0 Å². The number of carbonyl (C=O) groups excluding carboxylic acids is 1.